The van der Waals surface area contributed by atoms with Gasteiger partial charge < -0.3 is 10.5 Å². The summed E-state index contributed by atoms with van der Waals surface area (Å²) in [6.45, 7) is 2.23. The van der Waals surface area contributed by atoms with E-state index in [1.165, 1.54) is 18.4 Å². The van der Waals surface area contributed by atoms with Crippen LogP contribution >= 0.6 is 11.6 Å². The zero-order valence-electron chi connectivity index (χ0n) is 9.36. The molecule has 0 radical (unpaired) electrons. The van der Waals surface area contributed by atoms with Gasteiger partial charge in [0.2, 0.25) is 0 Å². The van der Waals surface area contributed by atoms with Gasteiger partial charge in [-0.15, -0.1) is 0 Å². The molecule has 1 aromatic rings. The second-order valence-electron chi connectivity index (χ2n) is 4.47. The molecule has 0 aromatic heterocycles. The van der Waals surface area contributed by atoms with Crippen LogP contribution in [0.2, 0.25) is 5.02 Å². The fourth-order valence-electron chi connectivity index (χ4n) is 1.70. The Labute approximate surface area is 102 Å². The van der Waals surface area contributed by atoms with Crippen LogP contribution in [0.25, 0.3) is 0 Å². The van der Waals surface area contributed by atoms with Crippen molar-refractivity contribution in [1.29, 1.82) is 0 Å². The predicted molar refractivity (Wildman–Crippen MR) is 66.8 cm³/mol. The van der Waals surface area contributed by atoms with E-state index >= 15 is 0 Å². The van der Waals surface area contributed by atoms with Gasteiger partial charge in [-0.25, -0.2) is 0 Å². The Morgan fingerprint density at radius 1 is 1.31 bits per heavy atom. The van der Waals surface area contributed by atoms with Crippen LogP contribution in [-0.2, 0) is 4.74 Å². The summed E-state index contributed by atoms with van der Waals surface area (Å²) >= 11 is 5.85. The molecular weight excluding hydrogens is 222 g/mol. The van der Waals surface area contributed by atoms with Crippen LogP contribution in [0.5, 0.6) is 0 Å². The molecule has 0 aliphatic heterocycles. The molecule has 16 heavy (non-hydrogen) atoms. The number of rotatable bonds is 6. The third kappa shape index (κ3) is 3.48. The number of ether oxygens (including phenoxy) is 1. The number of benzene rings is 1. The van der Waals surface area contributed by atoms with E-state index in [1.54, 1.807) is 0 Å². The van der Waals surface area contributed by atoms with Crippen molar-refractivity contribution < 1.29 is 4.74 Å². The largest absolute Gasteiger partial charge is 0.380 e. The van der Waals surface area contributed by atoms with E-state index in [0.717, 1.165) is 17.5 Å². The van der Waals surface area contributed by atoms with Crippen LogP contribution < -0.4 is 5.73 Å². The third-order valence-electron chi connectivity index (χ3n) is 3.00. The highest BCUT2D eigenvalue weighted by atomic mass is 35.5. The molecule has 88 valence electrons. The lowest BCUT2D eigenvalue weighted by Gasteiger charge is -2.15. The topological polar surface area (TPSA) is 35.2 Å². The summed E-state index contributed by atoms with van der Waals surface area (Å²) in [6, 6.07) is 7.86. The van der Waals surface area contributed by atoms with E-state index in [4.69, 9.17) is 22.1 Å². The maximum atomic E-state index is 5.85. The predicted octanol–water partition coefficient (Wildman–Crippen LogP) is 2.81. The number of hydrogen-bond donors (Lipinski definition) is 1. The zero-order valence-corrected chi connectivity index (χ0v) is 10.1. The fraction of sp³-hybridized carbons (Fsp3) is 0.538. The van der Waals surface area contributed by atoms with Gasteiger partial charge in [-0.05, 0) is 36.5 Å². The Balaban J connectivity index is 1.84. The molecule has 1 atom stereocenters. The first-order valence-electron chi connectivity index (χ1n) is 5.83. The van der Waals surface area contributed by atoms with E-state index in [0.29, 0.717) is 13.2 Å². The molecule has 0 bridgehead atoms. The van der Waals surface area contributed by atoms with Crippen molar-refractivity contribution in [3.05, 3.63) is 34.9 Å². The molecule has 0 heterocycles. The van der Waals surface area contributed by atoms with Crippen molar-refractivity contribution in [2.75, 3.05) is 19.8 Å². The zero-order chi connectivity index (χ0) is 11.4. The highest BCUT2D eigenvalue weighted by Gasteiger charge is 2.21. The SMILES string of the molecule is NCC(COCC1CC1)c1ccc(Cl)cc1. The van der Waals surface area contributed by atoms with Crippen molar-refractivity contribution in [3.8, 4) is 0 Å². The Bertz CT molecular complexity index is 321. The maximum absolute atomic E-state index is 5.85. The van der Waals surface area contributed by atoms with Gasteiger partial charge in [0.05, 0.1) is 6.61 Å². The summed E-state index contributed by atoms with van der Waals surface area (Å²) in [7, 11) is 0. The van der Waals surface area contributed by atoms with Gasteiger partial charge in [0.15, 0.2) is 0 Å². The van der Waals surface area contributed by atoms with E-state index in [2.05, 4.69) is 0 Å². The Hall–Kier alpha value is -0.570. The lowest BCUT2D eigenvalue weighted by molar-refractivity contribution is 0.112. The summed E-state index contributed by atoms with van der Waals surface area (Å²) < 4.78 is 5.68. The average molecular weight is 240 g/mol. The summed E-state index contributed by atoms with van der Waals surface area (Å²) in [5, 5.41) is 0.762. The molecule has 1 saturated carbocycles. The van der Waals surface area contributed by atoms with Crippen molar-refractivity contribution in [2.24, 2.45) is 11.7 Å². The molecule has 0 amide bonds. The average Bonchev–Trinajstić information content (AvgIpc) is 3.10. The standard InChI is InChI=1S/C13H18ClNO/c14-13-5-3-11(4-6-13)12(7-15)9-16-8-10-1-2-10/h3-6,10,12H,1-2,7-9,15H2. The first kappa shape index (κ1) is 11.9. The molecule has 2 nitrogen and oxygen atoms in total. The molecule has 1 aromatic carbocycles. The van der Waals surface area contributed by atoms with E-state index < -0.39 is 0 Å². The molecular formula is C13H18ClNO. The first-order valence-corrected chi connectivity index (χ1v) is 6.20. The molecule has 1 unspecified atom stereocenters. The van der Waals surface area contributed by atoms with Crippen LogP contribution in [0.1, 0.15) is 24.3 Å². The van der Waals surface area contributed by atoms with E-state index in [9.17, 15) is 0 Å². The van der Waals surface area contributed by atoms with Crippen LogP contribution in [0, 0.1) is 5.92 Å². The molecule has 2 N–H and O–H groups in total. The normalized spacial score (nSPS) is 17.4. The highest BCUT2D eigenvalue weighted by molar-refractivity contribution is 6.30. The van der Waals surface area contributed by atoms with Crippen molar-refractivity contribution >= 4 is 11.6 Å². The third-order valence-corrected chi connectivity index (χ3v) is 3.25. The first-order chi connectivity index (χ1) is 7.79. The lowest BCUT2D eigenvalue weighted by atomic mass is 10.0. The van der Waals surface area contributed by atoms with Crippen LogP contribution in [-0.4, -0.2) is 19.8 Å². The van der Waals surface area contributed by atoms with Crippen molar-refractivity contribution in [3.63, 3.8) is 0 Å². The van der Waals surface area contributed by atoms with Crippen LogP contribution in [0.3, 0.4) is 0 Å². The summed E-state index contributed by atoms with van der Waals surface area (Å²) in [5.74, 6) is 1.10. The molecule has 0 saturated heterocycles. The molecule has 3 heteroatoms. The minimum atomic E-state index is 0.288. The van der Waals surface area contributed by atoms with Crippen LogP contribution in [0.15, 0.2) is 24.3 Å². The molecule has 2 rings (SSSR count). The summed E-state index contributed by atoms with van der Waals surface area (Å²) in [5.41, 5.74) is 6.97. The van der Waals surface area contributed by atoms with Gasteiger partial charge in [-0.1, -0.05) is 23.7 Å². The molecule has 1 aliphatic rings. The maximum Gasteiger partial charge on any atom is 0.0547 e. The summed E-state index contributed by atoms with van der Waals surface area (Å²) in [6.07, 6.45) is 2.66. The van der Waals surface area contributed by atoms with E-state index in [1.807, 2.05) is 24.3 Å². The number of nitrogens with two attached hydrogens (primary N) is 1. The minimum absolute atomic E-state index is 0.288. The van der Waals surface area contributed by atoms with Gasteiger partial charge in [0, 0.05) is 24.1 Å². The van der Waals surface area contributed by atoms with Gasteiger partial charge in [-0.3, -0.25) is 0 Å². The quantitative estimate of drug-likeness (QED) is 0.829. The fourth-order valence-corrected chi connectivity index (χ4v) is 1.82. The van der Waals surface area contributed by atoms with Gasteiger partial charge >= 0.3 is 0 Å². The second-order valence-corrected chi connectivity index (χ2v) is 4.90. The number of hydrogen-bond acceptors (Lipinski definition) is 2. The Morgan fingerprint density at radius 3 is 2.56 bits per heavy atom. The number of halogens is 1. The second kappa shape index (κ2) is 5.67. The van der Waals surface area contributed by atoms with Crippen molar-refractivity contribution in [2.45, 2.75) is 18.8 Å². The lowest BCUT2D eigenvalue weighted by Crippen LogP contribution is -2.18. The van der Waals surface area contributed by atoms with E-state index in [-0.39, 0.29) is 5.92 Å². The Morgan fingerprint density at radius 2 is 2.00 bits per heavy atom. The van der Waals surface area contributed by atoms with Gasteiger partial charge in [0.1, 0.15) is 0 Å². The molecule has 0 spiro atoms. The van der Waals surface area contributed by atoms with Gasteiger partial charge in [0.25, 0.3) is 0 Å². The highest BCUT2D eigenvalue weighted by Crippen LogP contribution is 2.29. The smallest absolute Gasteiger partial charge is 0.0547 e. The molecule has 1 aliphatic carbocycles. The summed E-state index contributed by atoms with van der Waals surface area (Å²) in [4.78, 5) is 0. The Kier molecular flexibility index (Phi) is 4.22. The van der Waals surface area contributed by atoms with Crippen LogP contribution in [0.4, 0.5) is 0 Å². The minimum Gasteiger partial charge on any atom is -0.380 e. The molecule has 1 fully saturated rings. The van der Waals surface area contributed by atoms with Crippen molar-refractivity contribution in [1.82, 2.24) is 0 Å². The van der Waals surface area contributed by atoms with Gasteiger partial charge in [-0.2, -0.15) is 0 Å². The monoisotopic (exact) mass is 239 g/mol.